The summed E-state index contributed by atoms with van der Waals surface area (Å²) in [5.41, 5.74) is 0. The predicted molar refractivity (Wildman–Crippen MR) is 62.0 cm³/mol. The van der Waals surface area contributed by atoms with Gasteiger partial charge in [0.2, 0.25) is 11.8 Å². The zero-order valence-corrected chi connectivity index (χ0v) is 9.92. The fourth-order valence-corrected chi connectivity index (χ4v) is 2.40. The van der Waals surface area contributed by atoms with Crippen molar-refractivity contribution >= 4 is 23.2 Å². The van der Waals surface area contributed by atoms with Crippen LogP contribution < -0.4 is 5.32 Å². The Morgan fingerprint density at radius 3 is 3.06 bits per heavy atom. The normalized spacial score (nSPS) is 21.6. The number of hydrogen-bond acceptors (Lipinski definition) is 4. The number of hydrogen-bond donors (Lipinski definition) is 1. The van der Waals surface area contributed by atoms with Gasteiger partial charge in [-0.25, -0.2) is 0 Å². The molecule has 1 aromatic rings. The van der Waals surface area contributed by atoms with Gasteiger partial charge in [-0.3, -0.25) is 14.5 Å². The first kappa shape index (κ1) is 11.3. The van der Waals surface area contributed by atoms with Gasteiger partial charge in [0.05, 0.1) is 6.04 Å². The monoisotopic (exact) mass is 238 g/mol. The largest absolute Gasteiger partial charge is 0.301 e. The first-order valence-corrected chi connectivity index (χ1v) is 6.12. The molecule has 1 aromatic heterocycles. The van der Waals surface area contributed by atoms with E-state index in [1.165, 1.54) is 9.78 Å². The highest BCUT2D eigenvalue weighted by Crippen LogP contribution is 2.13. The lowest BCUT2D eigenvalue weighted by Gasteiger charge is -2.28. The van der Waals surface area contributed by atoms with Crippen molar-refractivity contribution in [3.05, 3.63) is 22.4 Å². The molecule has 2 amide bonds. The number of likely N-dealkylation sites (tertiary alicyclic amines) is 1. The summed E-state index contributed by atoms with van der Waals surface area (Å²) in [6.45, 7) is 0.691. The molecule has 4 nitrogen and oxygen atoms in total. The van der Waals surface area contributed by atoms with Crippen molar-refractivity contribution in [2.75, 3.05) is 7.05 Å². The smallest absolute Gasteiger partial charge is 0.246 e. The van der Waals surface area contributed by atoms with E-state index >= 15 is 0 Å². The van der Waals surface area contributed by atoms with Crippen molar-refractivity contribution in [3.63, 3.8) is 0 Å². The molecule has 1 unspecified atom stereocenters. The van der Waals surface area contributed by atoms with Gasteiger partial charge in [0.25, 0.3) is 0 Å². The Bertz CT molecular complexity index is 389. The summed E-state index contributed by atoms with van der Waals surface area (Å²) < 4.78 is 0. The molecule has 0 radical (unpaired) electrons. The second-order valence-corrected chi connectivity index (χ2v) is 4.87. The molecule has 1 N–H and O–H groups in total. The molecule has 0 spiro atoms. The van der Waals surface area contributed by atoms with Crippen LogP contribution in [0.2, 0.25) is 0 Å². The van der Waals surface area contributed by atoms with Gasteiger partial charge in [-0.05, 0) is 17.9 Å². The van der Waals surface area contributed by atoms with E-state index < -0.39 is 0 Å². The Hall–Kier alpha value is -1.20. The number of rotatable bonds is 3. The third-order valence-electron chi connectivity index (χ3n) is 2.75. The van der Waals surface area contributed by atoms with Crippen LogP contribution in [0, 0.1) is 0 Å². The standard InChI is InChI=1S/C11H14N2O2S/c1-13-10(14)5-4-9(11(13)15)12-7-8-3-2-6-16-8/h2-3,6,9,12H,4-5,7H2,1H3. The third kappa shape index (κ3) is 2.31. The second-order valence-electron chi connectivity index (χ2n) is 3.84. The third-order valence-corrected chi connectivity index (χ3v) is 3.63. The molecule has 2 heterocycles. The summed E-state index contributed by atoms with van der Waals surface area (Å²) in [7, 11) is 1.55. The summed E-state index contributed by atoms with van der Waals surface area (Å²) in [5.74, 6) is -0.202. The van der Waals surface area contributed by atoms with Crippen molar-refractivity contribution in [1.82, 2.24) is 10.2 Å². The number of nitrogens with one attached hydrogen (secondary N) is 1. The number of imide groups is 1. The highest BCUT2D eigenvalue weighted by Gasteiger charge is 2.31. The highest BCUT2D eigenvalue weighted by molar-refractivity contribution is 7.09. The van der Waals surface area contributed by atoms with Crippen LogP contribution in [0.1, 0.15) is 17.7 Å². The molecular weight excluding hydrogens is 224 g/mol. The lowest BCUT2D eigenvalue weighted by molar-refractivity contribution is -0.148. The van der Waals surface area contributed by atoms with Gasteiger partial charge in [-0.1, -0.05) is 6.07 Å². The molecule has 1 saturated heterocycles. The van der Waals surface area contributed by atoms with Gasteiger partial charge < -0.3 is 5.32 Å². The molecule has 1 atom stereocenters. The van der Waals surface area contributed by atoms with Gasteiger partial charge in [-0.15, -0.1) is 11.3 Å². The summed E-state index contributed by atoms with van der Waals surface area (Å²) in [4.78, 5) is 25.4. The maximum atomic E-state index is 11.7. The van der Waals surface area contributed by atoms with E-state index in [1.54, 1.807) is 18.4 Å². The lowest BCUT2D eigenvalue weighted by atomic mass is 10.0. The molecule has 5 heteroatoms. The van der Waals surface area contributed by atoms with Crippen LogP contribution in [0.15, 0.2) is 17.5 Å². The van der Waals surface area contributed by atoms with E-state index in [1.807, 2.05) is 17.5 Å². The average molecular weight is 238 g/mol. The van der Waals surface area contributed by atoms with Crippen LogP contribution in [0.3, 0.4) is 0 Å². The van der Waals surface area contributed by atoms with E-state index in [2.05, 4.69) is 5.32 Å². The van der Waals surface area contributed by atoms with Crippen LogP contribution in [0.5, 0.6) is 0 Å². The predicted octanol–water partition coefficient (Wildman–Crippen LogP) is 0.985. The molecule has 0 bridgehead atoms. The molecule has 1 aliphatic heterocycles. The molecule has 16 heavy (non-hydrogen) atoms. The molecule has 1 aliphatic rings. The van der Waals surface area contributed by atoms with E-state index in [-0.39, 0.29) is 17.9 Å². The van der Waals surface area contributed by atoms with Gasteiger partial charge in [0.15, 0.2) is 0 Å². The topological polar surface area (TPSA) is 49.4 Å². The zero-order chi connectivity index (χ0) is 11.5. The number of nitrogens with zero attached hydrogens (tertiary/aromatic N) is 1. The number of likely N-dealkylation sites (N-methyl/N-ethyl adjacent to an activating group) is 1. The Labute approximate surface area is 98.3 Å². The molecule has 86 valence electrons. The zero-order valence-electron chi connectivity index (χ0n) is 9.10. The van der Waals surface area contributed by atoms with Crippen molar-refractivity contribution in [2.24, 2.45) is 0 Å². The molecule has 0 aromatic carbocycles. The molecule has 0 saturated carbocycles. The molecule has 0 aliphatic carbocycles. The van der Waals surface area contributed by atoms with Crippen LogP contribution >= 0.6 is 11.3 Å². The Morgan fingerprint density at radius 1 is 1.56 bits per heavy atom. The maximum Gasteiger partial charge on any atom is 0.246 e. The van der Waals surface area contributed by atoms with Crippen molar-refractivity contribution in [1.29, 1.82) is 0 Å². The lowest BCUT2D eigenvalue weighted by Crippen LogP contribution is -2.51. The average Bonchev–Trinajstić information content (AvgIpc) is 2.78. The SMILES string of the molecule is CN1C(=O)CCC(NCc2cccs2)C1=O. The van der Waals surface area contributed by atoms with Crippen LogP contribution in [-0.2, 0) is 16.1 Å². The number of carbonyl (C=O) groups excluding carboxylic acids is 2. The van der Waals surface area contributed by atoms with Gasteiger partial charge in [0, 0.05) is 24.9 Å². The minimum Gasteiger partial charge on any atom is -0.301 e. The minimum atomic E-state index is -0.218. The molecular formula is C11H14N2O2S. The Kier molecular flexibility index (Phi) is 3.36. The first-order chi connectivity index (χ1) is 7.68. The van der Waals surface area contributed by atoms with Crippen molar-refractivity contribution < 1.29 is 9.59 Å². The minimum absolute atomic E-state index is 0.0841. The summed E-state index contributed by atoms with van der Waals surface area (Å²) >= 11 is 1.66. The summed E-state index contributed by atoms with van der Waals surface area (Å²) in [6.07, 6.45) is 1.05. The van der Waals surface area contributed by atoms with Crippen LogP contribution in [-0.4, -0.2) is 29.8 Å². The quantitative estimate of drug-likeness (QED) is 0.799. The second kappa shape index (κ2) is 4.76. The summed E-state index contributed by atoms with van der Waals surface area (Å²) in [5, 5.41) is 5.20. The van der Waals surface area contributed by atoms with E-state index in [0.717, 1.165) is 0 Å². The van der Waals surface area contributed by atoms with Crippen molar-refractivity contribution in [2.45, 2.75) is 25.4 Å². The van der Waals surface area contributed by atoms with E-state index in [0.29, 0.717) is 19.4 Å². The fraction of sp³-hybridized carbons (Fsp3) is 0.455. The highest BCUT2D eigenvalue weighted by atomic mass is 32.1. The first-order valence-electron chi connectivity index (χ1n) is 5.24. The fourth-order valence-electron chi connectivity index (χ4n) is 1.74. The van der Waals surface area contributed by atoms with Crippen LogP contribution in [0.25, 0.3) is 0 Å². The number of piperidine rings is 1. The molecule has 2 rings (SSSR count). The van der Waals surface area contributed by atoms with Gasteiger partial charge in [0.1, 0.15) is 0 Å². The number of carbonyl (C=O) groups is 2. The van der Waals surface area contributed by atoms with Gasteiger partial charge in [-0.2, -0.15) is 0 Å². The maximum absolute atomic E-state index is 11.7. The van der Waals surface area contributed by atoms with Gasteiger partial charge >= 0.3 is 0 Å². The number of thiophene rings is 1. The number of amides is 2. The molecule has 1 fully saturated rings. The Balaban J connectivity index is 1.91. The van der Waals surface area contributed by atoms with E-state index in [4.69, 9.17) is 0 Å². The Morgan fingerprint density at radius 2 is 2.38 bits per heavy atom. The summed E-state index contributed by atoms with van der Waals surface area (Å²) in [6, 6.07) is 3.80. The van der Waals surface area contributed by atoms with Crippen molar-refractivity contribution in [3.8, 4) is 0 Å². The van der Waals surface area contributed by atoms with E-state index in [9.17, 15) is 9.59 Å². The van der Waals surface area contributed by atoms with Crippen LogP contribution in [0.4, 0.5) is 0 Å².